The molecule has 31 heavy (non-hydrogen) atoms. The SMILES string of the molecule is Cc1cc(Cl)ccc1OCC(=O)c1ccc2c(c1)N(CC(=O)NCC(C)C)C(=O)CO2. The van der Waals surface area contributed by atoms with Gasteiger partial charge in [-0.15, -0.1) is 0 Å². The lowest BCUT2D eigenvalue weighted by Gasteiger charge is -2.29. The Morgan fingerprint density at radius 2 is 2.00 bits per heavy atom. The van der Waals surface area contributed by atoms with E-state index < -0.39 is 0 Å². The van der Waals surface area contributed by atoms with Gasteiger partial charge in [0, 0.05) is 17.1 Å². The zero-order valence-electron chi connectivity index (χ0n) is 17.7. The van der Waals surface area contributed by atoms with Crippen LogP contribution < -0.4 is 19.7 Å². The lowest BCUT2D eigenvalue weighted by atomic mass is 10.1. The molecule has 0 saturated heterocycles. The molecule has 0 saturated carbocycles. The number of Topliss-reactive ketones (excluding diaryl/α,β-unsaturated/α-hetero) is 1. The van der Waals surface area contributed by atoms with Crippen molar-refractivity contribution in [1.29, 1.82) is 0 Å². The first-order chi connectivity index (χ1) is 14.7. The molecule has 8 heteroatoms. The normalized spacial score (nSPS) is 12.9. The van der Waals surface area contributed by atoms with Crippen molar-refractivity contribution in [2.45, 2.75) is 20.8 Å². The Morgan fingerprint density at radius 3 is 2.71 bits per heavy atom. The van der Waals surface area contributed by atoms with E-state index in [4.69, 9.17) is 21.1 Å². The average Bonchev–Trinajstić information content (AvgIpc) is 2.73. The summed E-state index contributed by atoms with van der Waals surface area (Å²) in [6, 6.07) is 9.96. The first-order valence-electron chi connectivity index (χ1n) is 10.0. The topological polar surface area (TPSA) is 84.9 Å². The van der Waals surface area contributed by atoms with Gasteiger partial charge < -0.3 is 14.8 Å². The van der Waals surface area contributed by atoms with Gasteiger partial charge in [0.25, 0.3) is 5.91 Å². The van der Waals surface area contributed by atoms with E-state index in [-0.39, 0.29) is 37.4 Å². The Labute approximate surface area is 186 Å². The third-order valence-corrected chi connectivity index (χ3v) is 4.96. The number of nitrogens with one attached hydrogen (secondary N) is 1. The predicted octanol–water partition coefficient (Wildman–Crippen LogP) is 3.41. The maximum absolute atomic E-state index is 12.7. The highest BCUT2D eigenvalue weighted by Crippen LogP contribution is 2.33. The molecule has 1 aliphatic rings. The number of aryl methyl sites for hydroxylation is 1. The van der Waals surface area contributed by atoms with Crippen molar-refractivity contribution in [2.75, 3.05) is 31.2 Å². The summed E-state index contributed by atoms with van der Waals surface area (Å²) >= 11 is 5.94. The highest BCUT2D eigenvalue weighted by atomic mass is 35.5. The summed E-state index contributed by atoms with van der Waals surface area (Å²) in [5, 5.41) is 3.39. The van der Waals surface area contributed by atoms with Gasteiger partial charge in [-0.3, -0.25) is 19.3 Å². The lowest BCUT2D eigenvalue weighted by molar-refractivity contribution is -0.125. The highest BCUT2D eigenvalue weighted by molar-refractivity contribution is 6.30. The van der Waals surface area contributed by atoms with Gasteiger partial charge in [-0.2, -0.15) is 0 Å². The fourth-order valence-electron chi connectivity index (χ4n) is 3.07. The van der Waals surface area contributed by atoms with Crippen LogP contribution in [0, 0.1) is 12.8 Å². The number of hydrogen-bond donors (Lipinski definition) is 1. The minimum Gasteiger partial charge on any atom is -0.485 e. The fraction of sp³-hybridized carbons (Fsp3) is 0.348. The maximum atomic E-state index is 12.7. The number of halogens is 1. The standard InChI is InChI=1S/C23H25ClN2O5/c1-14(2)10-25-22(28)11-26-18-9-16(4-6-21(18)31-13-23(26)29)19(27)12-30-20-7-5-17(24)8-15(20)3/h4-9,14H,10-13H2,1-3H3,(H,25,28). The molecule has 0 spiro atoms. The molecule has 0 unspecified atom stereocenters. The van der Waals surface area contributed by atoms with Crippen molar-refractivity contribution >= 4 is 34.9 Å². The quantitative estimate of drug-likeness (QED) is 0.631. The molecule has 2 aromatic rings. The molecule has 0 fully saturated rings. The number of anilines is 1. The molecule has 0 aromatic heterocycles. The van der Waals surface area contributed by atoms with Gasteiger partial charge >= 0.3 is 0 Å². The van der Waals surface area contributed by atoms with E-state index in [0.717, 1.165) is 5.56 Å². The van der Waals surface area contributed by atoms with Crippen LogP contribution in [0.15, 0.2) is 36.4 Å². The predicted molar refractivity (Wildman–Crippen MR) is 118 cm³/mol. The van der Waals surface area contributed by atoms with Gasteiger partial charge in [0.1, 0.15) is 18.0 Å². The van der Waals surface area contributed by atoms with Gasteiger partial charge in [0.05, 0.1) is 5.69 Å². The molecule has 0 radical (unpaired) electrons. The Kier molecular flexibility index (Phi) is 7.17. The van der Waals surface area contributed by atoms with Crippen LogP contribution in [-0.4, -0.2) is 43.9 Å². The summed E-state index contributed by atoms with van der Waals surface area (Å²) in [6.45, 7) is 5.86. The summed E-state index contributed by atoms with van der Waals surface area (Å²) in [5.74, 6) is 0.433. The highest BCUT2D eigenvalue weighted by Gasteiger charge is 2.28. The second-order valence-electron chi connectivity index (χ2n) is 7.77. The van der Waals surface area contributed by atoms with Crippen molar-refractivity contribution in [1.82, 2.24) is 5.32 Å². The Balaban J connectivity index is 1.73. The molecule has 7 nitrogen and oxygen atoms in total. The van der Waals surface area contributed by atoms with Gasteiger partial charge in [-0.05, 0) is 54.8 Å². The molecular formula is C23H25ClN2O5. The minimum atomic E-state index is -0.343. The molecule has 0 aliphatic carbocycles. The molecule has 2 amide bonds. The van der Waals surface area contributed by atoms with Crippen molar-refractivity contribution in [2.24, 2.45) is 5.92 Å². The van der Waals surface area contributed by atoms with Crippen LogP contribution in [0.1, 0.15) is 29.8 Å². The third kappa shape index (κ3) is 5.76. The van der Waals surface area contributed by atoms with Gasteiger partial charge in [0.2, 0.25) is 5.91 Å². The van der Waals surface area contributed by atoms with Crippen LogP contribution in [0.5, 0.6) is 11.5 Å². The summed E-state index contributed by atoms with van der Waals surface area (Å²) in [7, 11) is 0. The molecule has 0 atom stereocenters. The monoisotopic (exact) mass is 444 g/mol. The van der Waals surface area contributed by atoms with Crippen LogP contribution in [-0.2, 0) is 9.59 Å². The van der Waals surface area contributed by atoms with Crippen molar-refractivity contribution in [3.8, 4) is 11.5 Å². The maximum Gasteiger partial charge on any atom is 0.265 e. The Hall–Kier alpha value is -3.06. The van der Waals surface area contributed by atoms with E-state index in [0.29, 0.717) is 40.2 Å². The average molecular weight is 445 g/mol. The molecular weight excluding hydrogens is 420 g/mol. The number of hydrogen-bond acceptors (Lipinski definition) is 5. The van der Waals surface area contributed by atoms with Crippen molar-refractivity contribution in [3.05, 3.63) is 52.5 Å². The zero-order chi connectivity index (χ0) is 22.5. The second kappa shape index (κ2) is 9.83. The molecule has 0 bridgehead atoms. The first kappa shape index (κ1) is 22.6. The van der Waals surface area contributed by atoms with Crippen molar-refractivity contribution < 1.29 is 23.9 Å². The Bertz CT molecular complexity index is 1010. The number of nitrogens with zero attached hydrogens (tertiary/aromatic N) is 1. The van der Waals surface area contributed by atoms with E-state index in [9.17, 15) is 14.4 Å². The smallest absolute Gasteiger partial charge is 0.265 e. The number of ketones is 1. The van der Waals surface area contributed by atoms with E-state index >= 15 is 0 Å². The summed E-state index contributed by atoms with van der Waals surface area (Å²) in [5.41, 5.74) is 1.57. The number of carbonyl (C=O) groups is 3. The largest absolute Gasteiger partial charge is 0.485 e. The third-order valence-electron chi connectivity index (χ3n) is 4.73. The lowest BCUT2D eigenvalue weighted by Crippen LogP contribution is -2.45. The number of carbonyl (C=O) groups excluding carboxylic acids is 3. The van der Waals surface area contributed by atoms with Crippen LogP contribution >= 0.6 is 11.6 Å². The van der Waals surface area contributed by atoms with E-state index in [1.54, 1.807) is 36.4 Å². The zero-order valence-corrected chi connectivity index (χ0v) is 18.5. The number of amides is 2. The van der Waals surface area contributed by atoms with Crippen molar-refractivity contribution in [3.63, 3.8) is 0 Å². The van der Waals surface area contributed by atoms with Gasteiger partial charge in [-0.1, -0.05) is 25.4 Å². The van der Waals surface area contributed by atoms with Gasteiger partial charge in [0.15, 0.2) is 19.0 Å². The molecule has 1 aliphatic heterocycles. The molecule has 2 aromatic carbocycles. The molecule has 1 heterocycles. The van der Waals surface area contributed by atoms with E-state index in [1.165, 1.54) is 4.90 Å². The summed E-state index contributed by atoms with van der Waals surface area (Å²) < 4.78 is 11.1. The molecule has 164 valence electrons. The van der Waals surface area contributed by atoms with E-state index in [1.807, 2.05) is 20.8 Å². The first-order valence-corrected chi connectivity index (χ1v) is 10.4. The number of benzene rings is 2. The number of fused-ring (bicyclic) bond motifs is 1. The summed E-state index contributed by atoms with van der Waals surface area (Å²) in [6.07, 6.45) is 0. The number of rotatable bonds is 8. The van der Waals surface area contributed by atoms with Crippen LogP contribution in [0.4, 0.5) is 5.69 Å². The summed E-state index contributed by atoms with van der Waals surface area (Å²) in [4.78, 5) is 38.7. The minimum absolute atomic E-state index is 0.139. The van der Waals surface area contributed by atoms with Crippen LogP contribution in [0.2, 0.25) is 5.02 Å². The van der Waals surface area contributed by atoms with Crippen LogP contribution in [0.25, 0.3) is 0 Å². The second-order valence-corrected chi connectivity index (χ2v) is 8.21. The van der Waals surface area contributed by atoms with E-state index in [2.05, 4.69) is 5.32 Å². The molecule has 3 rings (SSSR count). The van der Waals surface area contributed by atoms with Gasteiger partial charge in [-0.25, -0.2) is 0 Å². The number of ether oxygens (including phenoxy) is 2. The van der Waals surface area contributed by atoms with Crippen LogP contribution in [0.3, 0.4) is 0 Å². The Morgan fingerprint density at radius 1 is 1.23 bits per heavy atom. The molecule has 1 N–H and O–H groups in total. The fourth-order valence-corrected chi connectivity index (χ4v) is 3.29.